The lowest BCUT2D eigenvalue weighted by Gasteiger charge is -2.30. The molecule has 1 aromatic rings. The molecule has 0 bridgehead atoms. The van der Waals surface area contributed by atoms with Gasteiger partial charge in [0.1, 0.15) is 0 Å². The highest BCUT2D eigenvalue weighted by molar-refractivity contribution is 9.10. The second-order valence-electron chi connectivity index (χ2n) is 6.25. The average molecular weight is 456 g/mol. The minimum Gasteiger partial charge on any atom is -0.478 e. The van der Waals surface area contributed by atoms with Crippen LogP contribution in [0.5, 0.6) is 0 Å². The number of carbonyl (C=O) groups is 3. The molecule has 2 rings (SSSR count). The van der Waals surface area contributed by atoms with Crippen molar-refractivity contribution in [3.63, 3.8) is 0 Å². The average Bonchev–Trinajstić information content (AvgIpc) is 2.67. The Balaban J connectivity index is 0.000000416. The molecule has 0 radical (unpaired) electrons. The second-order valence-corrected chi connectivity index (χ2v) is 7.17. The molecule has 0 aromatic heterocycles. The summed E-state index contributed by atoms with van der Waals surface area (Å²) in [6.07, 6.45) is 4.04. The number of halogens is 1. The Morgan fingerprint density at radius 3 is 2.11 bits per heavy atom. The van der Waals surface area contributed by atoms with Crippen LogP contribution in [-0.4, -0.2) is 59.3 Å². The van der Waals surface area contributed by atoms with Gasteiger partial charge in [-0.3, -0.25) is 4.79 Å². The standard InChI is InChI=1S/C16H22BrNO2.C4H4O4/c1-2-20-16(19)14-8-11-18(12-9-14)10-7-13-3-5-15(17)6-4-13;5-3(6)1-2-4(7)8/h3-6,14H,2,7-12H2,1H3;1-2H,(H,5,6)(H,7,8)/b;2-1+. The van der Waals surface area contributed by atoms with Gasteiger partial charge in [0.2, 0.25) is 0 Å². The fraction of sp³-hybridized carbons (Fsp3) is 0.450. The van der Waals surface area contributed by atoms with E-state index in [1.54, 1.807) is 0 Å². The highest BCUT2D eigenvalue weighted by atomic mass is 79.9. The second kappa shape index (κ2) is 13.1. The van der Waals surface area contributed by atoms with Gasteiger partial charge in [-0.2, -0.15) is 0 Å². The van der Waals surface area contributed by atoms with E-state index in [0.717, 1.165) is 43.4 Å². The van der Waals surface area contributed by atoms with Crippen LogP contribution in [0.4, 0.5) is 0 Å². The lowest BCUT2D eigenvalue weighted by molar-refractivity contribution is -0.149. The maximum absolute atomic E-state index is 11.7. The number of hydrogen-bond acceptors (Lipinski definition) is 5. The first kappa shape index (κ1) is 23.8. The molecular weight excluding hydrogens is 430 g/mol. The molecule has 1 aliphatic rings. The summed E-state index contributed by atoms with van der Waals surface area (Å²) in [5.41, 5.74) is 1.36. The summed E-state index contributed by atoms with van der Waals surface area (Å²) in [4.78, 5) is 33.2. The number of aliphatic carboxylic acids is 2. The number of hydrogen-bond donors (Lipinski definition) is 2. The topological polar surface area (TPSA) is 104 Å². The largest absolute Gasteiger partial charge is 0.478 e. The van der Waals surface area contributed by atoms with E-state index in [0.29, 0.717) is 18.8 Å². The van der Waals surface area contributed by atoms with Crippen LogP contribution in [-0.2, 0) is 25.5 Å². The molecule has 0 aliphatic carbocycles. The van der Waals surface area contributed by atoms with Crippen molar-refractivity contribution in [2.75, 3.05) is 26.2 Å². The number of rotatable bonds is 7. The number of carboxylic acid groups (broad SMARTS) is 2. The van der Waals surface area contributed by atoms with E-state index in [2.05, 4.69) is 45.1 Å². The van der Waals surface area contributed by atoms with Crippen molar-refractivity contribution in [1.82, 2.24) is 4.90 Å². The van der Waals surface area contributed by atoms with Crippen LogP contribution in [0.1, 0.15) is 25.3 Å². The molecular formula is C20H26BrNO6. The Labute approximate surface area is 173 Å². The number of ether oxygens (including phenoxy) is 1. The minimum absolute atomic E-state index is 0.0138. The Hall–Kier alpha value is -2.19. The zero-order valence-corrected chi connectivity index (χ0v) is 17.4. The van der Waals surface area contributed by atoms with Gasteiger partial charge in [-0.05, 0) is 57.0 Å². The van der Waals surface area contributed by atoms with Crippen molar-refractivity contribution in [3.05, 3.63) is 46.5 Å². The number of benzene rings is 1. The third-order valence-electron chi connectivity index (χ3n) is 4.21. The van der Waals surface area contributed by atoms with E-state index in [9.17, 15) is 14.4 Å². The minimum atomic E-state index is -1.26. The predicted octanol–water partition coefficient (Wildman–Crippen LogP) is 2.98. The molecule has 0 unspecified atom stereocenters. The third-order valence-corrected chi connectivity index (χ3v) is 4.73. The molecule has 1 aliphatic heterocycles. The summed E-state index contributed by atoms with van der Waals surface area (Å²) in [5, 5.41) is 15.6. The zero-order valence-electron chi connectivity index (χ0n) is 15.8. The molecule has 0 amide bonds. The van der Waals surface area contributed by atoms with E-state index in [-0.39, 0.29) is 11.9 Å². The Bertz CT molecular complexity index is 650. The zero-order chi connectivity index (χ0) is 20.9. The van der Waals surface area contributed by atoms with Gasteiger partial charge in [0, 0.05) is 23.2 Å². The van der Waals surface area contributed by atoms with Crippen molar-refractivity contribution >= 4 is 33.8 Å². The summed E-state index contributed by atoms with van der Waals surface area (Å²) in [7, 11) is 0. The fourth-order valence-electron chi connectivity index (χ4n) is 2.73. The highest BCUT2D eigenvalue weighted by Gasteiger charge is 2.25. The SMILES string of the molecule is CCOC(=O)C1CCN(CCc2ccc(Br)cc2)CC1.O=C(O)/C=C/C(=O)O. The summed E-state index contributed by atoms with van der Waals surface area (Å²) in [5.74, 6) is -2.42. The molecule has 7 nitrogen and oxygen atoms in total. The van der Waals surface area contributed by atoms with Crippen LogP contribution in [0.2, 0.25) is 0 Å². The maximum atomic E-state index is 11.7. The first-order valence-corrected chi connectivity index (χ1v) is 9.88. The van der Waals surface area contributed by atoms with Crippen molar-refractivity contribution in [2.45, 2.75) is 26.2 Å². The van der Waals surface area contributed by atoms with Crippen LogP contribution in [0.25, 0.3) is 0 Å². The molecule has 1 aromatic carbocycles. The van der Waals surface area contributed by atoms with Crippen molar-refractivity contribution in [2.24, 2.45) is 5.92 Å². The van der Waals surface area contributed by atoms with Crippen molar-refractivity contribution in [3.8, 4) is 0 Å². The Morgan fingerprint density at radius 1 is 1.11 bits per heavy atom. The quantitative estimate of drug-likeness (QED) is 0.480. The molecule has 28 heavy (non-hydrogen) atoms. The van der Waals surface area contributed by atoms with Crippen LogP contribution in [0.3, 0.4) is 0 Å². The molecule has 2 N–H and O–H groups in total. The number of likely N-dealkylation sites (tertiary alicyclic amines) is 1. The van der Waals surface area contributed by atoms with Crippen LogP contribution in [0.15, 0.2) is 40.9 Å². The summed E-state index contributed by atoms with van der Waals surface area (Å²) >= 11 is 3.45. The van der Waals surface area contributed by atoms with Crippen molar-refractivity contribution < 1.29 is 29.3 Å². The van der Waals surface area contributed by atoms with E-state index in [1.165, 1.54) is 5.56 Å². The molecule has 1 saturated heterocycles. The van der Waals surface area contributed by atoms with Crippen LogP contribution < -0.4 is 0 Å². The monoisotopic (exact) mass is 455 g/mol. The normalized spacial score (nSPS) is 14.9. The molecule has 0 saturated carbocycles. The molecule has 8 heteroatoms. The lowest BCUT2D eigenvalue weighted by atomic mass is 9.96. The molecule has 1 fully saturated rings. The fourth-order valence-corrected chi connectivity index (χ4v) is 3.00. The summed E-state index contributed by atoms with van der Waals surface area (Å²) in [6.45, 7) is 5.42. The van der Waals surface area contributed by atoms with Gasteiger partial charge in [0.15, 0.2) is 0 Å². The molecule has 0 spiro atoms. The third kappa shape index (κ3) is 10.2. The number of esters is 1. The van der Waals surface area contributed by atoms with Gasteiger partial charge in [0.25, 0.3) is 0 Å². The van der Waals surface area contributed by atoms with Crippen LogP contribution >= 0.6 is 15.9 Å². The van der Waals surface area contributed by atoms with E-state index in [4.69, 9.17) is 14.9 Å². The van der Waals surface area contributed by atoms with Gasteiger partial charge in [-0.1, -0.05) is 28.1 Å². The lowest BCUT2D eigenvalue weighted by Crippen LogP contribution is -2.38. The molecule has 154 valence electrons. The van der Waals surface area contributed by atoms with Crippen molar-refractivity contribution in [1.29, 1.82) is 0 Å². The van der Waals surface area contributed by atoms with Crippen LogP contribution in [0, 0.1) is 5.92 Å². The predicted molar refractivity (Wildman–Crippen MR) is 108 cm³/mol. The van der Waals surface area contributed by atoms with E-state index in [1.807, 2.05) is 6.92 Å². The van der Waals surface area contributed by atoms with Gasteiger partial charge < -0.3 is 19.8 Å². The van der Waals surface area contributed by atoms with E-state index < -0.39 is 11.9 Å². The number of nitrogens with zero attached hydrogens (tertiary/aromatic N) is 1. The number of piperidine rings is 1. The first-order valence-electron chi connectivity index (χ1n) is 9.09. The van der Waals surface area contributed by atoms with Gasteiger partial charge >= 0.3 is 17.9 Å². The van der Waals surface area contributed by atoms with Gasteiger partial charge in [-0.25, -0.2) is 9.59 Å². The smallest absolute Gasteiger partial charge is 0.328 e. The Morgan fingerprint density at radius 2 is 1.64 bits per heavy atom. The Kier molecular flexibility index (Phi) is 11.1. The summed E-state index contributed by atoms with van der Waals surface area (Å²) in [6, 6.07) is 8.50. The van der Waals surface area contributed by atoms with E-state index >= 15 is 0 Å². The van der Waals surface area contributed by atoms with Gasteiger partial charge in [-0.15, -0.1) is 0 Å². The molecule has 0 atom stereocenters. The molecule has 1 heterocycles. The first-order chi connectivity index (χ1) is 13.3. The number of carbonyl (C=O) groups excluding carboxylic acids is 1. The maximum Gasteiger partial charge on any atom is 0.328 e. The highest BCUT2D eigenvalue weighted by Crippen LogP contribution is 2.19. The number of carboxylic acids is 2. The van der Waals surface area contributed by atoms with Gasteiger partial charge in [0.05, 0.1) is 12.5 Å². The summed E-state index contributed by atoms with van der Waals surface area (Å²) < 4.78 is 6.22.